The van der Waals surface area contributed by atoms with Crippen molar-refractivity contribution < 1.29 is 0 Å². The number of fused-ring (bicyclic) bond motifs is 10. The molecular weight excluding hydrogens is 568 g/mol. The molecule has 0 radical (unpaired) electrons. The molecule has 0 saturated heterocycles. The van der Waals surface area contributed by atoms with Gasteiger partial charge in [-0.3, -0.25) is 23.3 Å². The molecule has 10 rings (SSSR count). The third-order valence-electron chi connectivity index (χ3n) is 8.81. The molecule has 0 unspecified atom stereocenters. The van der Waals surface area contributed by atoms with Crippen LogP contribution in [0.2, 0.25) is 0 Å². The predicted octanol–water partition coefficient (Wildman–Crippen LogP) is 8.39. The molecule has 4 heterocycles. The van der Waals surface area contributed by atoms with Gasteiger partial charge in [0.1, 0.15) is 0 Å². The summed E-state index contributed by atoms with van der Waals surface area (Å²) < 4.78 is 8.70. The molecular formula is C38H24N8. The first kappa shape index (κ1) is 24.9. The van der Waals surface area contributed by atoms with Gasteiger partial charge in [0.15, 0.2) is 0 Å². The largest absolute Gasteiger partial charge is 0.299 e. The van der Waals surface area contributed by atoms with E-state index in [0.29, 0.717) is 11.4 Å². The Morgan fingerprint density at radius 2 is 1.00 bits per heavy atom. The Morgan fingerprint density at radius 1 is 0.500 bits per heavy atom. The van der Waals surface area contributed by atoms with E-state index in [0.717, 1.165) is 72.8 Å². The Balaban J connectivity index is 1.03. The van der Waals surface area contributed by atoms with E-state index in [2.05, 4.69) is 78.6 Å². The number of aliphatic imine (C=N–C) groups is 1. The molecule has 216 valence electrons. The van der Waals surface area contributed by atoms with Crippen molar-refractivity contribution in [3.63, 3.8) is 0 Å². The average molecular weight is 593 g/mol. The van der Waals surface area contributed by atoms with Crippen LogP contribution in [0.25, 0.3) is 67.1 Å². The van der Waals surface area contributed by atoms with Gasteiger partial charge in [-0.2, -0.15) is 0 Å². The van der Waals surface area contributed by atoms with Gasteiger partial charge in [0.05, 0.1) is 66.9 Å². The Hall–Kier alpha value is -6.54. The number of aromatic nitrogens is 6. The summed E-state index contributed by atoms with van der Waals surface area (Å²) in [7, 11) is 0. The normalized spacial score (nSPS) is 14.7. The number of para-hydroxylation sites is 8. The van der Waals surface area contributed by atoms with Gasteiger partial charge in [-0.15, -0.1) is 0 Å². The van der Waals surface area contributed by atoms with Crippen LogP contribution in [0.3, 0.4) is 0 Å². The van der Waals surface area contributed by atoms with Crippen molar-refractivity contribution in [1.82, 2.24) is 27.9 Å². The van der Waals surface area contributed by atoms with E-state index < -0.39 is 0 Å². The molecule has 46 heavy (non-hydrogen) atoms. The van der Waals surface area contributed by atoms with Gasteiger partial charge in [-0.05, 0) is 91.0 Å². The first-order chi connectivity index (χ1) is 22.7. The van der Waals surface area contributed by atoms with Crippen LogP contribution in [0, 0.1) is 5.41 Å². The summed E-state index contributed by atoms with van der Waals surface area (Å²) in [5.41, 5.74) is 11.9. The van der Waals surface area contributed by atoms with Crippen LogP contribution in [0.4, 0.5) is 5.69 Å². The Bertz CT molecular complexity index is 2810. The Labute approximate surface area is 261 Å². The first-order valence-corrected chi connectivity index (χ1v) is 15.1. The molecule has 8 nitrogen and oxygen atoms in total. The maximum absolute atomic E-state index is 8.93. The fraction of sp³-hybridized carbons (Fsp3) is 0. The predicted molar refractivity (Wildman–Crippen MR) is 186 cm³/mol. The summed E-state index contributed by atoms with van der Waals surface area (Å²) in [5.74, 6) is 1.69. The Kier molecular flexibility index (Phi) is 4.99. The molecule has 0 saturated carbocycles. The Morgan fingerprint density at radius 3 is 1.59 bits per heavy atom. The number of imidazole rings is 4. The first-order valence-electron chi connectivity index (χ1n) is 15.1. The number of nitrogens with zero attached hydrogens (tertiary/aromatic N) is 7. The van der Waals surface area contributed by atoms with E-state index >= 15 is 0 Å². The second kappa shape index (κ2) is 9.23. The minimum absolute atomic E-state index is 0.343. The minimum Gasteiger partial charge on any atom is -0.299 e. The summed E-state index contributed by atoms with van der Waals surface area (Å²) in [6, 6.07) is 41.2. The van der Waals surface area contributed by atoms with Gasteiger partial charge >= 0.3 is 0 Å². The fourth-order valence-corrected chi connectivity index (χ4v) is 6.79. The number of nitrogens with one attached hydrogen (secondary N) is 1. The molecule has 1 N–H and O–H groups in total. The van der Waals surface area contributed by atoms with E-state index in [9.17, 15) is 0 Å². The highest BCUT2D eigenvalue weighted by molar-refractivity contribution is 6.51. The van der Waals surface area contributed by atoms with Crippen LogP contribution >= 0.6 is 0 Å². The number of benzene rings is 5. The highest BCUT2D eigenvalue weighted by atomic mass is 15.2. The number of hydrogen-bond acceptors (Lipinski definition) is 4. The van der Waals surface area contributed by atoms with E-state index in [4.69, 9.17) is 20.4 Å². The second-order valence-corrected chi connectivity index (χ2v) is 11.4. The third kappa shape index (κ3) is 3.43. The van der Waals surface area contributed by atoms with Gasteiger partial charge < -0.3 is 0 Å². The van der Waals surface area contributed by atoms with Crippen LogP contribution in [-0.4, -0.2) is 39.3 Å². The lowest BCUT2D eigenvalue weighted by molar-refractivity contribution is 1.11. The van der Waals surface area contributed by atoms with Gasteiger partial charge in [0.2, 0.25) is 11.6 Å². The topological polar surface area (TPSA) is 80.7 Å². The molecule has 0 amide bonds. The molecule has 5 aromatic carbocycles. The van der Waals surface area contributed by atoms with E-state index in [1.165, 1.54) is 0 Å². The minimum atomic E-state index is 0.343. The summed E-state index contributed by atoms with van der Waals surface area (Å²) >= 11 is 0. The third-order valence-corrected chi connectivity index (χ3v) is 8.81. The summed E-state index contributed by atoms with van der Waals surface area (Å²) in [4.78, 5) is 14.8. The fourth-order valence-electron chi connectivity index (χ4n) is 6.79. The molecule has 9 aromatic rings. The van der Waals surface area contributed by atoms with Gasteiger partial charge in [0.25, 0.3) is 0 Å². The summed E-state index contributed by atoms with van der Waals surface area (Å²) in [6.45, 7) is 0. The monoisotopic (exact) mass is 592 g/mol. The zero-order valence-corrected chi connectivity index (χ0v) is 24.4. The van der Waals surface area contributed by atoms with Gasteiger partial charge in [0, 0.05) is 5.69 Å². The van der Waals surface area contributed by atoms with Crippen molar-refractivity contribution in [3.8, 4) is 5.69 Å². The van der Waals surface area contributed by atoms with Crippen LogP contribution in [-0.2, 0) is 0 Å². The molecule has 1 aliphatic carbocycles. The van der Waals surface area contributed by atoms with Crippen LogP contribution in [0.1, 0.15) is 0 Å². The van der Waals surface area contributed by atoms with Crippen molar-refractivity contribution in [2.75, 3.05) is 0 Å². The van der Waals surface area contributed by atoms with Crippen LogP contribution < -0.4 is 0 Å². The maximum Gasteiger partial charge on any atom is 0.220 e. The molecule has 0 bridgehead atoms. The van der Waals surface area contributed by atoms with E-state index in [-0.39, 0.29) is 0 Å². The van der Waals surface area contributed by atoms with Gasteiger partial charge in [-0.25, -0.2) is 15.0 Å². The summed E-state index contributed by atoms with van der Waals surface area (Å²) in [6.07, 6.45) is 5.80. The molecule has 0 spiro atoms. The highest BCUT2D eigenvalue weighted by Gasteiger charge is 2.20. The highest BCUT2D eigenvalue weighted by Crippen LogP contribution is 2.32. The van der Waals surface area contributed by atoms with Crippen molar-refractivity contribution in [3.05, 3.63) is 140 Å². The van der Waals surface area contributed by atoms with Gasteiger partial charge in [-0.1, -0.05) is 48.5 Å². The molecule has 0 aliphatic heterocycles. The van der Waals surface area contributed by atoms with Crippen molar-refractivity contribution in [2.24, 2.45) is 4.99 Å². The van der Waals surface area contributed by atoms with E-state index in [1.807, 2.05) is 78.9 Å². The number of allylic oxidation sites excluding steroid dienone is 4. The zero-order chi connectivity index (χ0) is 30.4. The molecule has 4 aromatic heterocycles. The number of rotatable bonds is 3. The molecule has 1 aliphatic rings. The smallest absolute Gasteiger partial charge is 0.220 e. The molecule has 0 fully saturated rings. The molecule has 0 atom stereocenters. The quantitative estimate of drug-likeness (QED) is 0.209. The lowest BCUT2D eigenvalue weighted by Crippen LogP contribution is -2.13. The standard InChI is InChI=1S/C38H24N8/c39-27-23-26(44-34-14-6-8-16-36(34)46-32-12-4-2-10-30(32)42-38(44)46)21-22-28(27)40-24-17-19-25(20-18-24)43-33-13-5-7-15-35(33)45-31-11-3-1-9-29(31)41-37(43)45/h1-23,39H. The molecule has 8 heteroatoms. The summed E-state index contributed by atoms with van der Waals surface area (Å²) in [5, 5.41) is 8.93. The van der Waals surface area contributed by atoms with E-state index in [1.54, 1.807) is 0 Å². The van der Waals surface area contributed by atoms with Crippen molar-refractivity contribution >= 4 is 78.5 Å². The SMILES string of the molecule is N=C1C=C(n2c3ccccc3n3c4ccccc4nc23)C=CC1=Nc1ccc(-n2c3ccccc3n3c4ccccc4nc23)cc1. The zero-order valence-electron chi connectivity index (χ0n) is 24.4. The average Bonchev–Trinajstić information content (AvgIpc) is 3.82. The number of hydrogen-bond donors (Lipinski definition) is 1. The van der Waals surface area contributed by atoms with Crippen molar-refractivity contribution in [1.29, 1.82) is 5.41 Å². The van der Waals surface area contributed by atoms with Crippen LogP contribution in [0.15, 0.2) is 145 Å². The lowest BCUT2D eigenvalue weighted by atomic mass is 10.1. The van der Waals surface area contributed by atoms with Crippen LogP contribution in [0.5, 0.6) is 0 Å². The lowest BCUT2D eigenvalue weighted by Gasteiger charge is -2.12. The second-order valence-electron chi connectivity index (χ2n) is 11.4. The van der Waals surface area contributed by atoms with Crippen molar-refractivity contribution in [2.45, 2.75) is 0 Å². The maximum atomic E-state index is 8.93.